The van der Waals surface area contributed by atoms with Crippen LogP contribution in [0.15, 0.2) is 29.1 Å². The molecule has 2 rings (SSSR count). The van der Waals surface area contributed by atoms with Crippen LogP contribution >= 0.6 is 0 Å². The van der Waals surface area contributed by atoms with Crippen LogP contribution in [0.4, 0.5) is 11.4 Å². The summed E-state index contributed by atoms with van der Waals surface area (Å²) >= 11 is 0. The first-order chi connectivity index (χ1) is 9.47. The largest absolute Gasteiger partial charge is 0.492 e. The lowest BCUT2D eigenvalue weighted by Gasteiger charge is -2.07. The lowest BCUT2D eigenvalue weighted by Crippen LogP contribution is -2.16. The molecule has 8 heteroatoms. The van der Waals surface area contributed by atoms with E-state index in [1.54, 1.807) is 19.1 Å². The molecule has 8 nitrogen and oxygen atoms in total. The van der Waals surface area contributed by atoms with Crippen molar-refractivity contribution in [1.29, 1.82) is 0 Å². The van der Waals surface area contributed by atoms with Crippen LogP contribution in [0.25, 0.3) is 0 Å². The summed E-state index contributed by atoms with van der Waals surface area (Å²) in [6, 6.07) is 5.87. The summed E-state index contributed by atoms with van der Waals surface area (Å²) in [6.45, 7) is 1.79. The summed E-state index contributed by atoms with van der Waals surface area (Å²) in [5.41, 5.74) is 0.215. The standard InChI is InChI=1S/C12H12N4O4/c1-7-14-11(17)10(12(18)15-7)13-6-8-2-4-9(5-3-8)16(19)20/h2-5,13H,6H2,1H3,(H2,14,15,17,18). The number of nitrogens with one attached hydrogen (secondary N) is 2. The van der Waals surface area contributed by atoms with Gasteiger partial charge in [-0.1, -0.05) is 12.1 Å². The Hall–Kier alpha value is -2.90. The molecule has 0 aliphatic heterocycles. The van der Waals surface area contributed by atoms with Crippen LogP contribution in [0.5, 0.6) is 5.88 Å². The zero-order valence-corrected chi connectivity index (χ0v) is 10.6. The Morgan fingerprint density at radius 1 is 1.40 bits per heavy atom. The molecular formula is C12H12N4O4. The fourth-order valence-corrected chi connectivity index (χ4v) is 1.66. The second-order valence-corrected chi connectivity index (χ2v) is 4.13. The number of hydrogen-bond donors (Lipinski definition) is 3. The number of nitro groups is 1. The summed E-state index contributed by atoms with van der Waals surface area (Å²) in [5, 5.41) is 22.8. The fraction of sp³-hybridized carbons (Fsp3) is 0.167. The van der Waals surface area contributed by atoms with Gasteiger partial charge in [0.1, 0.15) is 5.82 Å². The van der Waals surface area contributed by atoms with Crippen molar-refractivity contribution in [3.05, 3.63) is 56.1 Å². The first kappa shape index (κ1) is 13.5. The number of nitro benzene ring substituents is 1. The van der Waals surface area contributed by atoms with Gasteiger partial charge in [0.15, 0.2) is 5.69 Å². The summed E-state index contributed by atoms with van der Waals surface area (Å²) in [5.74, 6) is -0.0680. The van der Waals surface area contributed by atoms with E-state index in [0.29, 0.717) is 5.82 Å². The Kier molecular flexibility index (Phi) is 3.65. The van der Waals surface area contributed by atoms with Crippen molar-refractivity contribution in [2.45, 2.75) is 13.5 Å². The highest BCUT2D eigenvalue weighted by molar-refractivity contribution is 5.50. The second-order valence-electron chi connectivity index (χ2n) is 4.13. The number of aromatic nitrogens is 2. The number of hydrogen-bond acceptors (Lipinski definition) is 6. The van der Waals surface area contributed by atoms with Gasteiger partial charge in [0, 0.05) is 18.7 Å². The molecule has 0 saturated carbocycles. The van der Waals surface area contributed by atoms with Crippen molar-refractivity contribution in [2.24, 2.45) is 0 Å². The topological polar surface area (TPSA) is 121 Å². The number of H-pyrrole nitrogens is 1. The molecule has 0 unspecified atom stereocenters. The Morgan fingerprint density at radius 2 is 2.05 bits per heavy atom. The van der Waals surface area contributed by atoms with E-state index in [-0.39, 0.29) is 23.8 Å². The molecule has 1 heterocycles. The molecule has 0 saturated heterocycles. The summed E-state index contributed by atoms with van der Waals surface area (Å²) < 4.78 is 0. The van der Waals surface area contributed by atoms with E-state index >= 15 is 0 Å². The average molecular weight is 276 g/mol. The molecule has 1 aromatic carbocycles. The number of aromatic amines is 1. The van der Waals surface area contributed by atoms with Crippen LogP contribution in [0.3, 0.4) is 0 Å². The third-order valence-corrected chi connectivity index (χ3v) is 2.64. The zero-order valence-electron chi connectivity index (χ0n) is 10.6. The highest BCUT2D eigenvalue weighted by atomic mass is 16.6. The van der Waals surface area contributed by atoms with Crippen LogP contribution in [-0.2, 0) is 6.54 Å². The molecule has 0 aliphatic carbocycles. The number of aryl methyl sites for hydroxylation is 1. The van der Waals surface area contributed by atoms with Crippen LogP contribution in [0.2, 0.25) is 0 Å². The molecule has 3 N–H and O–H groups in total. The maximum absolute atomic E-state index is 11.6. The van der Waals surface area contributed by atoms with E-state index in [2.05, 4.69) is 15.3 Å². The van der Waals surface area contributed by atoms with Crippen LogP contribution in [0.1, 0.15) is 11.4 Å². The number of rotatable bonds is 4. The Bertz CT molecular complexity index is 694. The van der Waals surface area contributed by atoms with Crippen molar-refractivity contribution in [3.63, 3.8) is 0 Å². The number of benzene rings is 1. The third kappa shape index (κ3) is 2.91. The highest BCUT2D eigenvalue weighted by Gasteiger charge is 2.09. The van der Waals surface area contributed by atoms with Crippen molar-refractivity contribution in [1.82, 2.24) is 9.97 Å². The van der Waals surface area contributed by atoms with Gasteiger partial charge in [-0.2, -0.15) is 4.98 Å². The quantitative estimate of drug-likeness (QED) is 0.571. The molecule has 0 atom stereocenters. The molecule has 20 heavy (non-hydrogen) atoms. The maximum atomic E-state index is 11.6. The first-order valence-corrected chi connectivity index (χ1v) is 5.74. The Balaban J connectivity index is 2.13. The molecule has 104 valence electrons. The third-order valence-electron chi connectivity index (χ3n) is 2.64. The van der Waals surface area contributed by atoms with Gasteiger partial charge in [-0.25, -0.2) is 0 Å². The first-order valence-electron chi connectivity index (χ1n) is 5.74. The minimum Gasteiger partial charge on any atom is -0.492 e. The minimum atomic E-state index is -0.488. The lowest BCUT2D eigenvalue weighted by molar-refractivity contribution is -0.384. The smallest absolute Gasteiger partial charge is 0.278 e. The second kappa shape index (κ2) is 5.39. The molecule has 0 fully saturated rings. The normalized spacial score (nSPS) is 10.2. The van der Waals surface area contributed by atoms with Gasteiger partial charge in [0.05, 0.1) is 4.92 Å². The van der Waals surface area contributed by atoms with E-state index < -0.39 is 10.5 Å². The molecule has 0 spiro atoms. The fourth-order valence-electron chi connectivity index (χ4n) is 1.66. The van der Waals surface area contributed by atoms with E-state index in [0.717, 1.165) is 5.56 Å². The van der Waals surface area contributed by atoms with Crippen molar-refractivity contribution >= 4 is 11.4 Å². The summed E-state index contributed by atoms with van der Waals surface area (Å²) in [6.07, 6.45) is 0. The van der Waals surface area contributed by atoms with Gasteiger partial charge in [-0.3, -0.25) is 14.9 Å². The van der Waals surface area contributed by atoms with Gasteiger partial charge < -0.3 is 15.4 Å². The van der Waals surface area contributed by atoms with E-state index in [4.69, 9.17) is 0 Å². The molecule has 0 radical (unpaired) electrons. The predicted molar refractivity (Wildman–Crippen MR) is 71.7 cm³/mol. The zero-order chi connectivity index (χ0) is 14.7. The highest BCUT2D eigenvalue weighted by Crippen LogP contribution is 2.16. The summed E-state index contributed by atoms with van der Waals surface area (Å²) in [4.78, 5) is 27.8. The number of anilines is 1. The minimum absolute atomic E-state index is 0.00792. The molecule has 1 aromatic heterocycles. The van der Waals surface area contributed by atoms with Crippen molar-refractivity contribution < 1.29 is 10.0 Å². The molecule has 0 aliphatic rings. The van der Waals surface area contributed by atoms with E-state index in [1.165, 1.54) is 12.1 Å². The monoisotopic (exact) mass is 276 g/mol. The average Bonchev–Trinajstić information content (AvgIpc) is 2.38. The van der Waals surface area contributed by atoms with Crippen LogP contribution in [0, 0.1) is 17.0 Å². The Morgan fingerprint density at radius 3 is 2.60 bits per heavy atom. The molecule has 0 amide bonds. The number of non-ortho nitro benzene ring substituents is 1. The van der Waals surface area contributed by atoms with Crippen molar-refractivity contribution in [2.75, 3.05) is 5.32 Å². The van der Waals surface area contributed by atoms with E-state index in [9.17, 15) is 20.0 Å². The van der Waals surface area contributed by atoms with Gasteiger partial charge in [0.2, 0.25) is 5.88 Å². The molecule has 2 aromatic rings. The lowest BCUT2D eigenvalue weighted by atomic mass is 10.2. The summed E-state index contributed by atoms with van der Waals surface area (Å²) in [7, 11) is 0. The number of aromatic hydroxyl groups is 1. The number of nitrogens with zero attached hydrogens (tertiary/aromatic N) is 2. The van der Waals surface area contributed by atoms with Gasteiger partial charge in [-0.15, -0.1) is 0 Å². The van der Waals surface area contributed by atoms with E-state index in [1.807, 2.05) is 0 Å². The van der Waals surface area contributed by atoms with Gasteiger partial charge in [-0.05, 0) is 12.5 Å². The maximum Gasteiger partial charge on any atom is 0.278 e. The van der Waals surface area contributed by atoms with Gasteiger partial charge in [0.25, 0.3) is 11.2 Å². The van der Waals surface area contributed by atoms with Gasteiger partial charge >= 0.3 is 0 Å². The Labute approximate surface area is 113 Å². The molecular weight excluding hydrogens is 264 g/mol. The SMILES string of the molecule is Cc1nc(O)c(NCc2ccc([N+](=O)[O-])cc2)c(=O)[nH]1. The van der Waals surface area contributed by atoms with Crippen molar-refractivity contribution in [3.8, 4) is 5.88 Å². The van der Waals surface area contributed by atoms with Crippen LogP contribution < -0.4 is 10.9 Å². The van der Waals surface area contributed by atoms with Crippen LogP contribution in [-0.4, -0.2) is 20.0 Å². The molecule has 0 bridgehead atoms. The predicted octanol–water partition coefficient (Wildman–Crippen LogP) is 1.30.